The maximum Gasteiger partial charge on any atom is 0.240 e. The van der Waals surface area contributed by atoms with Crippen LogP contribution in [0.5, 0.6) is 5.75 Å². The molecule has 0 unspecified atom stereocenters. The number of nitrogens with two attached hydrogens (primary N) is 1. The van der Waals surface area contributed by atoms with E-state index < -0.39 is 29.5 Å². The minimum atomic E-state index is -0.956. The summed E-state index contributed by atoms with van der Waals surface area (Å²) in [6, 6.07) is 18.7. The monoisotopic (exact) mass is 424 g/mol. The molecule has 0 heterocycles. The molecular formula is C24H22F2N2O3. The van der Waals surface area contributed by atoms with Crippen molar-refractivity contribution in [3.05, 3.63) is 101 Å². The van der Waals surface area contributed by atoms with Crippen LogP contribution in [0.15, 0.2) is 72.8 Å². The number of hydrogen-bond donors (Lipinski definition) is 2. The number of nitrogens with one attached hydrogen (secondary N) is 1. The van der Waals surface area contributed by atoms with Crippen LogP contribution in [0.4, 0.5) is 8.78 Å². The van der Waals surface area contributed by atoms with E-state index in [0.29, 0.717) is 12.4 Å². The van der Waals surface area contributed by atoms with Crippen molar-refractivity contribution in [3.8, 4) is 5.75 Å². The molecule has 0 fully saturated rings. The van der Waals surface area contributed by atoms with Crippen molar-refractivity contribution in [2.24, 2.45) is 5.73 Å². The van der Waals surface area contributed by atoms with Crippen molar-refractivity contribution in [1.29, 1.82) is 0 Å². The van der Waals surface area contributed by atoms with Crippen molar-refractivity contribution in [2.45, 2.75) is 25.5 Å². The Labute approximate surface area is 178 Å². The molecule has 0 saturated heterocycles. The molecule has 0 saturated carbocycles. The third-order valence-corrected chi connectivity index (χ3v) is 4.58. The highest BCUT2D eigenvalue weighted by Gasteiger charge is 2.19. The van der Waals surface area contributed by atoms with E-state index in [1.54, 1.807) is 24.3 Å². The van der Waals surface area contributed by atoms with E-state index in [1.807, 2.05) is 30.3 Å². The Morgan fingerprint density at radius 3 is 2.13 bits per heavy atom. The molecule has 3 aromatic rings. The average Bonchev–Trinajstić information content (AvgIpc) is 2.72. The van der Waals surface area contributed by atoms with Crippen LogP contribution in [0.25, 0.3) is 0 Å². The summed E-state index contributed by atoms with van der Waals surface area (Å²) in [5.74, 6) is -2.15. The van der Waals surface area contributed by atoms with Gasteiger partial charge in [-0.1, -0.05) is 42.5 Å². The van der Waals surface area contributed by atoms with Crippen LogP contribution in [0, 0.1) is 11.6 Å². The molecule has 3 N–H and O–H groups in total. The van der Waals surface area contributed by atoms with E-state index in [1.165, 1.54) is 0 Å². The predicted octanol–water partition coefficient (Wildman–Crippen LogP) is 3.30. The second kappa shape index (κ2) is 10.3. The summed E-state index contributed by atoms with van der Waals surface area (Å²) in [5, 5.41) is 2.52. The SMILES string of the molecule is NC(=O)[C@H](Cc1ccc(OCc2ccccc2)cc1)NC(=O)Cc1cc(F)cc(F)c1. The number of halogens is 2. The summed E-state index contributed by atoms with van der Waals surface area (Å²) in [5.41, 5.74) is 7.40. The number of ether oxygens (including phenoxy) is 1. The summed E-state index contributed by atoms with van der Waals surface area (Å²) in [4.78, 5) is 24.0. The zero-order chi connectivity index (χ0) is 22.2. The van der Waals surface area contributed by atoms with E-state index in [0.717, 1.165) is 29.3 Å². The maximum atomic E-state index is 13.3. The molecule has 0 spiro atoms. The summed E-state index contributed by atoms with van der Waals surface area (Å²) in [6.45, 7) is 0.431. The lowest BCUT2D eigenvalue weighted by Crippen LogP contribution is -2.46. The predicted molar refractivity (Wildman–Crippen MR) is 112 cm³/mol. The Kier molecular flexibility index (Phi) is 7.32. The number of carbonyl (C=O) groups excluding carboxylic acids is 2. The van der Waals surface area contributed by atoms with Gasteiger partial charge in [-0.2, -0.15) is 0 Å². The van der Waals surface area contributed by atoms with E-state index in [9.17, 15) is 18.4 Å². The highest BCUT2D eigenvalue weighted by atomic mass is 19.1. The van der Waals surface area contributed by atoms with Crippen LogP contribution < -0.4 is 15.8 Å². The number of benzene rings is 3. The van der Waals surface area contributed by atoms with Gasteiger partial charge in [0.25, 0.3) is 0 Å². The lowest BCUT2D eigenvalue weighted by molar-refractivity contribution is -0.127. The van der Waals surface area contributed by atoms with Gasteiger partial charge in [-0.25, -0.2) is 8.78 Å². The Bertz CT molecular complexity index is 1020. The fourth-order valence-corrected chi connectivity index (χ4v) is 3.06. The van der Waals surface area contributed by atoms with Gasteiger partial charge in [-0.3, -0.25) is 9.59 Å². The van der Waals surface area contributed by atoms with Crippen LogP contribution >= 0.6 is 0 Å². The first-order chi connectivity index (χ1) is 14.9. The first-order valence-electron chi connectivity index (χ1n) is 9.68. The van der Waals surface area contributed by atoms with Gasteiger partial charge >= 0.3 is 0 Å². The molecule has 1 atom stereocenters. The molecule has 0 bridgehead atoms. The molecule has 7 heteroatoms. The molecule has 0 radical (unpaired) electrons. The molecule has 2 amide bonds. The van der Waals surface area contributed by atoms with Gasteiger partial charge < -0.3 is 15.8 Å². The van der Waals surface area contributed by atoms with E-state index in [4.69, 9.17) is 10.5 Å². The lowest BCUT2D eigenvalue weighted by atomic mass is 10.0. The summed E-state index contributed by atoms with van der Waals surface area (Å²) in [7, 11) is 0. The normalized spacial score (nSPS) is 11.5. The highest BCUT2D eigenvalue weighted by molar-refractivity contribution is 5.87. The second-order valence-corrected chi connectivity index (χ2v) is 7.10. The van der Waals surface area contributed by atoms with Crippen molar-refractivity contribution in [2.75, 3.05) is 0 Å². The largest absolute Gasteiger partial charge is 0.489 e. The Hall–Kier alpha value is -3.74. The zero-order valence-corrected chi connectivity index (χ0v) is 16.7. The van der Waals surface area contributed by atoms with Gasteiger partial charge in [0.05, 0.1) is 6.42 Å². The van der Waals surface area contributed by atoms with Gasteiger partial charge in [0.2, 0.25) is 11.8 Å². The number of primary amides is 1. The summed E-state index contributed by atoms with van der Waals surface area (Å²) >= 11 is 0. The molecule has 160 valence electrons. The molecule has 3 rings (SSSR count). The van der Waals surface area contributed by atoms with E-state index in [2.05, 4.69) is 5.32 Å². The van der Waals surface area contributed by atoms with E-state index in [-0.39, 0.29) is 18.4 Å². The second-order valence-electron chi connectivity index (χ2n) is 7.10. The van der Waals surface area contributed by atoms with Crippen LogP contribution in [0.1, 0.15) is 16.7 Å². The molecule has 0 aliphatic heterocycles. The van der Waals surface area contributed by atoms with Crippen molar-refractivity contribution in [1.82, 2.24) is 5.32 Å². The third kappa shape index (κ3) is 6.92. The fraction of sp³-hybridized carbons (Fsp3) is 0.167. The molecular weight excluding hydrogens is 402 g/mol. The first-order valence-corrected chi connectivity index (χ1v) is 9.68. The Morgan fingerprint density at radius 2 is 1.52 bits per heavy atom. The fourth-order valence-electron chi connectivity index (χ4n) is 3.06. The van der Waals surface area contributed by atoms with Crippen LogP contribution in [-0.2, 0) is 29.0 Å². The average molecular weight is 424 g/mol. The number of carbonyl (C=O) groups is 2. The standard InChI is InChI=1S/C24H22F2N2O3/c25-19-10-18(11-20(26)14-19)13-23(29)28-22(24(27)30)12-16-6-8-21(9-7-16)31-15-17-4-2-1-3-5-17/h1-11,14,22H,12-13,15H2,(H2,27,30)(H,28,29)/t22-/m0/s1. The maximum absolute atomic E-state index is 13.3. The zero-order valence-electron chi connectivity index (χ0n) is 16.7. The number of hydrogen-bond acceptors (Lipinski definition) is 3. The van der Waals surface area contributed by atoms with Crippen LogP contribution in [0.2, 0.25) is 0 Å². The van der Waals surface area contributed by atoms with Gasteiger partial charge in [-0.05, 0) is 41.0 Å². The molecule has 0 aliphatic rings. The van der Waals surface area contributed by atoms with Crippen LogP contribution in [0.3, 0.4) is 0 Å². The lowest BCUT2D eigenvalue weighted by Gasteiger charge is -2.16. The molecule has 31 heavy (non-hydrogen) atoms. The Balaban J connectivity index is 1.56. The van der Waals surface area contributed by atoms with Crippen molar-refractivity contribution in [3.63, 3.8) is 0 Å². The van der Waals surface area contributed by atoms with Crippen LogP contribution in [-0.4, -0.2) is 17.9 Å². The molecule has 5 nitrogen and oxygen atoms in total. The topological polar surface area (TPSA) is 81.4 Å². The van der Waals surface area contributed by atoms with Gasteiger partial charge in [0.15, 0.2) is 0 Å². The van der Waals surface area contributed by atoms with Gasteiger partial charge in [0, 0.05) is 12.5 Å². The minimum Gasteiger partial charge on any atom is -0.489 e. The number of amides is 2. The first kappa shape index (κ1) is 22.0. The number of rotatable bonds is 9. The molecule has 3 aromatic carbocycles. The Morgan fingerprint density at radius 1 is 0.871 bits per heavy atom. The van der Waals surface area contributed by atoms with Crippen molar-refractivity contribution < 1.29 is 23.1 Å². The van der Waals surface area contributed by atoms with Crippen molar-refractivity contribution >= 4 is 11.8 Å². The van der Waals surface area contributed by atoms with Gasteiger partial charge in [0.1, 0.15) is 30.0 Å². The quantitative estimate of drug-likeness (QED) is 0.553. The molecule has 0 aromatic heterocycles. The third-order valence-electron chi connectivity index (χ3n) is 4.58. The minimum absolute atomic E-state index is 0.165. The summed E-state index contributed by atoms with van der Waals surface area (Å²) < 4.78 is 32.3. The molecule has 0 aliphatic carbocycles. The highest BCUT2D eigenvalue weighted by Crippen LogP contribution is 2.16. The van der Waals surface area contributed by atoms with E-state index >= 15 is 0 Å². The summed E-state index contributed by atoms with van der Waals surface area (Å²) in [6.07, 6.45) is -0.0950. The smallest absolute Gasteiger partial charge is 0.240 e. The van der Waals surface area contributed by atoms with Gasteiger partial charge in [-0.15, -0.1) is 0 Å².